The summed E-state index contributed by atoms with van der Waals surface area (Å²) in [7, 11) is 0. The van der Waals surface area contributed by atoms with Crippen molar-refractivity contribution in [2.75, 3.05) is 0 Å². The summed E-state index contributed by atoms with van der Waals surface area (Å²) < 4.78 is 3.17. The highest BCUT2D eigenvalue weighted by atomic mass is 32.1. The van der Waals surface area contributed by atoms with Gasteiger partial charge in [0.2, 0.25) is 0 Å². The molecule has 0 spiro atoms. The van der Waals surface area contributed by atoms with E-state index in [9.17, 15) is 14.4 Å². The maximum absolute atomic E-state index is 13.7. The molecule has 186 valence electrons. The summed E-state index contributed by atoms with van der Waals surface area (Å²) in [6.45, 7) is 1.05. The van der Waals surface area contributed by atoms with E-state index in [1.54, 1.807) is 4.57 Å². The fraction of sp³-hybridized carbons (Fsp3) is 0.538. The number of rotatable bonds is 7. The first-order chi connectivity index (χ1) is 17.0. The Balaban J connectivity index is 1.57. The molecule has 2 fully saturated rings. The van der Waals surface area contributed by atoms with E-state index in [2.05, 4.69) is 4.98 Å². The first-order valence-electron chi connectivity index (χ1n) is 12.7. The van der Waals surface area contributed by atoms with Crippen LogP contribution in [0.1, 0.15) is 69.1 Å². The molecule has 0 aliphatic heterocycles. The second-order valence-electron chi connectivity index (χ2n) is 9.97. The molecule has 3 aromatic heterocycles. The number of carbonyl (C=O) groups is 1. The Kier molecular flexibility index (Phi) is 7.04. The van der Waals surface area contributed by atoms with Gasteiger partial charge in [-0.05, 0) is 55.7 Å². The second kappa shape index (κ2) is 10.4. The van der Waals surface area contributed by atoms with Crippen LogP contribution in [-0.2, 0) is 17.9 Å². The number of hydrogen-bond acceptors (Lipinski definition) is 5. The predicted molar refractivity (Wildman–Crippen MR) is 138 cm³/mol. The molecule has 0 atom stereocenters. The van der Waals surface area contributed by atoms with E-state index in [0.29, 0.717) is 41.9 Å². The van der Waals surface area contributed by atoms with Crippen molar-refractivity contribution in [1.82, 2.24) is 19.1 Å². The van der Waals surface area contributed by atoms with Crippen molar-refractivity contribution in [3.8, 4) is 10.7 Å². The van der Waals surface area contributed by atoms with Crippen molar-refractivity contribution < 1.29 is 9.90 Å². The van der Waals surface area contributed by atoms with Crippen LogP contribution in [-0.4, -0.2) is 30.2 Å². The van der Waals surface area contributed by atoms with E-state index in [1.807, 2.05) is 12.1 Å². The molecule has 5 rings (SSSR count). The van der Waals surface area contributed by atoms with Gasteiger partial charge in [0.15, 0.2) is 11.5 Å². The van der Waals surface area contributed by atoms with Gasteiger partial charge in [0.1, 0.15) is 5.52 Å². The van der Waals surface area contributed by atoms with Gasteiger partial charge in [-0.25, -0.2) is 14.6 Å². The third-order valence-corrected chi connectivity index (χ3v) is 8.50. The minimum atomic E-state index is -1.01. The van der Waals surface area contributed by atoms with E-state index in [4.69, 9.17) is 10.1 Å². The number of H-pyrrole nitrogens is 1. The molecule has 3 heterocycles. The molecule has 0 aromatic carbocycles. The molecule has 8 nitrogen and oxygen atoms in total. The van der Waals surface area contributed by atoms with E-state index < -0.39 is 5.97 Å². The third-order valence-electron chi connectivity index (χ3n) is 7.44. The number of aliphatic carboxylic acids is 1. The zero-order chi connectivity index (χ0) is 24.4. The summed E-state index contributed by atoms with van der Waals surface area (Å²) in [5.41, 5.74) is 0.267. The normalized spacial score (nSPS) is 18.1. The van der Waals surface area contributed by atoms with Gasteiger partial charge in [-0.15, -0.1) is 11.3 Å². The molecular weight excluding hydrogens is 464 g/mol. The van der Waals surface area contributed by atoms with Crippen LogP contribution in [0.15, 0.2) is 27.8 Å². The summed E-state index contributed by atoms with van der Waals surface area (Å²) in [6, 6.07) is 3.68. The number of nitrogens with zero attached hydrogens (tertiary/aromatic N) is 3. The Morgan fingerprint density at radius 3 is 2.26 bits per heavy atom. The Morgan fingerprint density at radius 2 is 1.63 bits per heavy atom. The number of aromatic nitrogens is 4. The van der Waals surface area contributed by atoms with Crippen molar-refractivity contribution in [2.24, 2.45) is 11.8 Å². The minimum Gasteiger partial charge on any atom is -0.478 e. The topological polar surface area (TPSA) is 110 Å². The number of aromatic amines is 1. The Morgan fingerprint density at radius 1 is 1.00 bits per heavy atom. The zero-order valence-electron chi connectivity index (χ0n) is 19.9. The van der Waals surface area contributed by atoms with E-state index in [0.717, 1.165) is 54.4 Å². The van der Waals surface area contributed by atoms with Crippen molar-refractivity contribution in [3.05, 3.63) is 43.9 Å². The van der Waals surface area contributed by atoms with Gasteiger partial charge in [-0.3, -0.25) is 13.9 Å². The second-order valence-corrected chi connectivity index (χ2v) is 11.1. The number of fused-ring (bicyclic) bond motifs is 1. The lowest BCUT2D eigenvalue weighted by atomic mass is 9.89. The molecule has 3 aromatic rings. The highest BCUT2D eigenvalue weighted by Crippen LogP contribution is 2.29. The lowest BCUT2D eigenvalue weighted by molar-refractivity contribution is -0.131. The van der Waals surface area contributed by atoms with Crippen molar-refractivity contribution in [2.45, 2.75) is 77.3 Å². The van der Waals surface area contributed by atoms with E-state index in [-0.39, 0.29) is 11.2 Å². The molecule has 0 unspecified atom stereocenters. The average Bonchev–Trinajstić information content (AvgIpc) is 3.52. The van der Waals surface area contributed by atoms with Gasteiger partial charge in [0, 0.05) is 24.0 Å². The molecule has 9 heteroatoms. The smallest absolute Gasteiger partial charge is 0.332 e. The highest BCUT2D eigenvalue weighted by Gasteiger charge is 2.24. The lowest BCUT2D eigenvalue weighted by Gasteiger charge is -2.24. The standard InChI is InChI=1S/C26H32N4O4S/c31-21(32)14-12-19-11-13-20(35-19)23-27-22-24(28-23)29(15-17-7-3-1-4-8-17)26(34)30(25(22)33)16-18-9-5-2-6-10-18/h11-14,17-18H,1-10,15-16H2,(H,27,28)(H,31,32). The van der Waals surface area contributed by atoms with Crippen LogP contribution in [0.3, 0.4) is 0 Å². The minimum absolute atomic E-state index is 0.243. The summed E-state index contributed by atoms with van der Waals surface area (Å²) in [5.74, 6) is 0.302. The average molecular weight is 497 g/mol. The van der Waals surface area contributed by atoms with Gasteiger partial charge in [0.25, 0.3) is 5.56 Å². The first-order valence-corrected chi connectivity index (χ1v) is 13.6. The van der Waals surface area contributed by atoms with Crippen LogP contribution < -0.4 is 11.2 Å². The van der Waals surface area contributed by atoms with Crippen LogP contribution in [0.5, 0.6) is 0 Å². The Hall–Kier alpha value is -2.94. The largest absolute Gasteiger partial charge is 0.478 e. The highest BCUT2D eigenvalue weighted by molar-refractivity contribution is 7.16. The first kappa shape index (κ1) is 23.8. The molecule has 2 N–H and O–H groups in total. The van der Waals surface area contributed by atoms with Crippen molar-refractivity contribution in [1.29, 1.82) is 0 Å². The predicted octanol–water partition coefficient (Wildman–Crippen LogP) is 4.87. The van der Waals surface area contributed by atoms with Crippen LogP contribution >= 0.6 is 11.3 Å². The number of hydrogen-bond donors (Lipinski definition) is 2. The van der Waals surface area contributed by atoms with Gasteiger partial charge in [-0.2, -0.15) is 0 Å². The number of imidazole rings is 1. The number of carboxylic acids is 1. The quantitative estimate of drug-likeness (QED) is 0.453. The van der Waals surface area contributed by atoms with Crippen LogP contribution in [0.25, 0.3) is 27.9 Å². The molecule has 2 saturated carbocycles. The summed E-state index contributed by atoms with van der Waals surface area (Å²) in [4.78, 5) is 47.5. The van der Waals surface area contributed by atoms with Gasteiger partial charge in [0.05, 0.1) is 4.88 Å². The van der Waals surface area contributed by atoms with Gasteiger partial charge < -0.3 is 10.1 Å². The van der Waals surface area contributed by atoms with Gasteiger partial charge in [-0.1, -0.05) is 38.5 Å². The molecular formula is C26H32N4O4S. The van der Waals surface area contributed by atoms with Crippen molar-refractivity contribution >= 4 is 34.5 Å². The number of thiophene rings is 1. The Labute approximate surface area is 207 Å². The summed E-state index contributed by atoms with van der Waals surface area (Å²) in [6.07, 6.45) is 14.1. The zero-order valence-corrected chi connectivity index (χ0v) is 20.7. The SMILES string of the molecule is O=C(O)C=Cc1ccc(-c2nc3c([nH]2)c(=O)n(CC2CCCCC2)c(=O)n3CC2CCCCC2)s1. The third kappa shape index (κ3) is 5.19. The molecule has 0 saturated heterocycles. The van der Waals surface area contributed by atoms with E-state index >= 15 is 0 Å². The molecule has 2 aliphatic carbocycles. The summed E-state index contributed by atoms with van der Waals surface area (Å²) >= 11 is 1.39. The van der Waals surface area contributed by atoms with E-state index in [1.165, 1.54) is 47.7 Å². The summed E-state index contributed by atoms with van der Waals surface area (Å²) in [5, 5.41) is 8.89. The van der Waals surface area contributed by atoms with Gasteiger partial charge >= 0.3 is 11.7 Å². The van der Waals surface area contributed by atoms with Crippen LogP contribution in [0.2, 0.25) is 0 Å². The maximum atomic E-state index is 13.7. The van der Waals surface area contributed by atoms with Crippen LogP contribution in [0, 0.1) is 11.8 Å². The number of nitrogens with one attached hydrogen (secondary N) is 1. The fourth-order valence-electron chi connectivity index (χ4n) is 5.59. The van der Waals surface area contributed by atoms with Crippen LogP contribution in [0.4, 0.5) is 0 Å². The molecule has 35 heavy (non-hydrogen) atoms. The molecule has 0 amide bonds. The fourth-order valence-corrected chi connectivity index (χ4v) is 6.44. The molecule has 0 bridgehead atoms. The molecule has 0 radical (unpaired) electrons. The molecule has 2 aliphatic rings. The number of carboxylic acid groups (broad SMARTS) is 1. The monoisotopic (exact) mass is 496 g/mol. The van der Waals surface area contributed by atoms with Crippen molar-refractivity contribution in [3.63, 3.8) is 0 Å². The lowest BCUT2D eigenvalue weighted by Crippen LogP contribution is -2.42. The Bertz CT molecular complexity index is 1350. The maximum Gasteiger partial charge on any atom is 0.332 e.